The van der Waals surface area contributed by atoms with E-state index in [9.17, 15) is 5.11 Å². The lowest BCUT2D eigenvalue weighted by Crippen LogP contribution is -2.08. The van der Waals surface area contributed by atoms with E-state index >= 15 is 0 Å². The van der Waals surface area contributed by atoms with Gasteiger partial charge in [-0.15, -0.1) is 0 Å². The molecule has 0 aromatic heterocycles. The standard InChI is InChI=1S/C8H10INO/c1-10(2)6-3-4-8(11)7(9)5-6/h3-5,11H,1-2H3. The Bertz CT molecular complexity index is 260. The van der Waals surface area contributed by atoms with Gasteiger partial charge in [0.25, 0.3) is 0 Å². The van der Waals surface area contributed by atoms with Crippen LogP contribution in [-0.2, 0) is 0 Å². The van der Waals surface area contributed by atoms with Gasteiger partial charge in [-0.25, -0.2) is 0 Å². The molecule has 0 radical (unpaired) electrons. The fourth-order valence-electron chi connectivity index (χ4n) is 0.774. The number of halogens is 1. The monoisotopic (exact) mass is 263 g/mol. The van der Waals surface area contributed by atoms with Crippen molar-refractivity contribution in [2.45, 2.75) is 0 Å². The Morgan fingerprint density at radius 1 is 1.36 bits per heavy atom. The van der Waals surface area contributed by atoms with E-state index in [-0.39, 0.29) is 0 Å². The molecule has 0 fully saturated rings. The Morgan fingerprint density at radius 3 is 2.45 bits per heavy atom. The van der Waals surface area contributed by atoms with Crippen molar-refractivity contribution in [1.82, 2.24) is 0 Å². The van der Waals surface area contributed by atoms with Crippen LogP contribution < -0.4 is 4.90 Å². The summed E-state index contributed by atoms with van der Waals surface area (Å²) < 4.78 is 0.883. The van der Waals surface area contributed by atoms with Crippen molar-refractivity contribution in [3.05, 3.63) is 21.8 Å². The Balaban J connectivity index is 3.05. The minimum atomic E-state index is 0.344. The maximum Gasteiger partial charge on any atom is 0.129 e. The second-order valence-corrected chi connectivity index (χ2v) is 3.69. The summed E-state index contributed by atoms with van der Waals surface area (Å²) in [5.41, 5.74) is 1.10. The number of hydrogen-bond donors (Lipinski definition) is 1. The number of benzene rings is 1. The minimum Gasteiger partial charge on any atom is -0.507 e. The molecule has 0 spiro atoms. The summed E-state index contributed by atoms with van der Waals surface area (Å²) in [5, 5.41) is 9.20. The molecule has 1 rings (SSSR count). The molecule has 1 N–H and O–H groups in total. The highest BCUT2D eigenvalue weighted by atomic mass is 127. The first-order valence-corrected chi connectivity index (χ1v) is 4.35. The normalized spacial score (nSPS) is 9.73. The van der Waals surface area contributed by atoms with Gasteiger partial charge in [-0.2, -0.15) is 0 Å². The second kappa shape index (κ2) is 3.30. The van der Waals surface area contributed by atoms with Gasteiger partial charge < -0.3 is 10.0 Å². The zero-order chi connectivity index (χ0) is 8.43. The molecule has 0 heterocycles. The van der Waals surface area contributed by atoms with E-state index in [4.69, 9.17) is 0 Å². The Labute approximate surface area is 80.0 Å². The van der Waals surface area contributed by atoms with E-state index in [1.54, 1.807) is 6.07 Å². The molecule has 0 aliphatic carbocycles. The van der Waals surface area contributed by atoms with Crippen LogP contribution in [-0.4, -0.2) is 19.2 Å². The van der Waals surface area contributed by atoms with Crippen molar-refractivity contribution >= 4 is 28.3 Å². The largest absolute Gasteiger partial charge is 0.507 e. The number of nitrogens with zero attached hydrogens (tertiary/aromatic N) is 1. The summed E-state index contributed by atoms with van der Waals surface area (Å²) in [6, 6.07) is 5.53. The van der Waals surface area contributed by atoms with Crippen molar-refractivity contribution in [3.8, 4) is 5.75 Å². The summed E-state index contributed by atoms with van der Waals surface area (Å²) in [7, 11) is 3.95. The molecule has 1 aromatic carbocycles. The SMILES string of the molecule is CN(C)c1ccc(O)c(I)c1. The molecule has 0 unspecified atom stereocenters. The highest BCUT2D eigenvalue weighted by molar-refractivity contribution is 14.1. The second-order valence-electron chi connectivity index (χ2n) is 2.53. The third kappa shape index (κ3) is 1.99. The molecule has 0 aliphatic heterocycles. The van der Waals surface area contributed by atoms with Crippen LogP contribution in [0.1, 0.15) is 0 Å². The molecule has 1 aromatic rings. The molecule has 3 heteroatoms. The summed E-state index contributed by atoms with van der Waals surface area (Å²) in [4.78, 5) is 2.00. The van der Waals surface area contributed by atoms with E-state index in [2.05, 4.69) is 22.6 Å². The highest BCUT2D eigenvalue weighted by Crippen LogP contribution is 2.23. The maximum atomic E-state index is 9.20. The van der Waals surface area contributed by atoms with Crippen molar-refractivity contribution in [2.75, 3.05) is 19.0 Å². The molecular weight excluding hydrogens is 253 g/mol. The number of phenolic OH excluding ortho intramolecular Hbond substituents is 1. The van der Waals surface area contributed by atoms with Gasteiger partial charge in [0.1, 0.15) is 5.75 Å². The first kappa shape index (κ1) is 8.64. The van der Waals surface area contributed by atoms with E-state index in [0.717, 1.165) is 9.26 Å². The van der Waals surface area contributed by atoms with Crippen molar-refractivity contribution in [3.63, 3.8) is 0 Å². The highest BCUT2D eigenvalue weighted by Gasteiger charge is 1.99. The van der Waals surface area contributed by atoms with Gasteiger partial charge >= 0.3 is 0 Å². The zero-order valence-electron chi connectivity index (χ0n) is 6.50. The molecule has 0 amide bonds. The molecule has 0 bridgehead atoms. The number of anilines is 1. The third-order valence-electron chi connectivity index (χ3n) is 1.45. The van der Waals surface area contributed by atoms with Gasteiger partial charge in [-0.3, -0.25) is 0 Å². The first-order valence-electron chi connectivity index (χ1n) is 3.27. The van der Waals surface area contributed by atoms with Crippen LogP contribution in [0.2, 0.25) is 0 Å². The summed E-state index contributed by atoms with van der Waals surface area (Å²) >= 11 is 2.11. The number of phenols is 1. The van der Waals surface area contributed by atoms with Crippen LogP contribution in [0, 0.1) is 3.57 Å². The fourth-order valence-corrected chi connectivity index (χ4v) is 1.27. The molecule has 0 saturated heterocycles. The fraction of sp³-hybridized carbons (Fsp3) is 0.250. The predicted molar refractivity (Wildman–Crippen MR) is 55.2 cm³/mol. The smallest absolute Gasteiger partial charge is 0.129 e. The van der Waals surface area contributed by atoms with E-state index < -0.39 is 0 Å². The molecule has 0 aliphatic rings. The zero-order valence-corrected chi connectivity index (χ0v) is 8.66. The summed E-state index contributed by atoms with van der Waals surface area (Å²) in [6.45, 7) is 0. The quantitative estimate of drug-likeness (QED) is 0.784. The van der Waals surface area contributed by atoms with Crippen LogP contribution >= 0.6 is 22.6 Å². The van der Waals surface area contributed by atoms with Gasteiger partial charge in [0.15, 0.2) is 0 Å². The Kier molecular flexibility index (Phi) is 2.59. The van der Waals surface area contributed by atoms with E-state index in [0.29, 0.717) is 5.75 Å². The van der Waals surface area contributed by atoms with Gasteiger partial charge in [0.05, 0.1) is 3.57 Å². The molecule has 2 nitrogen and oxygen atoms in total. The topological polar surface area (TPSA) is 23.5 Å². The van der Waals surface area contributed by atoms with E-state index in [1.165, 1.54) is 0 Å². The van der Waals surface area contributed by atoms with E-state index in [1.807, 2.05) is 31.1 Å². The molecule has 0 atom stereocenters. The molecule has 60 valence electrons. The van der Waals surface area contributed by atoms with Gasteiger partial charge in [-0.05, 0) is 40.8 Å². The number of hydrogen-bond acceptors (Lipinski definition) is 2. The Hall–Kier alpha value is -0.450. The Morgan fingerprint density at radius 2 is 2.00 bits per heavy atom. The van der Waals surface area contributed by atoms with Crippen LogP contribution in [0.15, 0.2) is 18.2 Å². The van der Waals surface area contributed by atoms with Crippen LogP contribution in [0.25, 0.3) is 0 Å². The minimum absolute atomic E-state index is 0.344. The molecule has 11 heavy (non-hydrogen) atoms. The molecule has 0 saturated carbocycles. The maximum absolute atomic E-state index is 9.20. The lowest BCUT2D eigenvalue weighted by molar-refractivity contribution is 0.471. The van der Waals surface area contributed by atoms with Gasteiger partial charge in [0, 0.05) is 19.8 Å². The van der Waals surface area contributed by atoms with Gasteiger partial charge in [0.2, 0.25) is 0 Å². The van der Waals surface area contributed by atoms with Crippen molar-refractivity contribution in [1.29, 1.82) is 0 Å². The summed E-state index contributed by atoms with van der Waals surface area (Å²) in [5.74, 6) is 0.344. The van der Waals surface area contributed by atoms with Crippen LogP contribution in [0.4, 0.5) is 5.69 Å². The average Bonchev–Trinajstić information content (AvgIpc) is 1.94. The van der Waals surface area contributed by atoms with Crippen LogP contribution in [0.3, 0.4) is 0 Å². The van der Waals surface area contributed by atoms with Crippen molar-refractivity contribution in [2.24, 2.45) is 0 Å². The van der Waals surface area contributed by atoms with Crippen molar-refractivity contribution < 1.29 is 5.11 Å². The lowest BCUT2D eigenvalue weighted by atomic mass is 10.3. The first-order chi connectivity index (χ1) is 5.11. The predicted octanol–water partition coefficient (Wildman–Crippen LogP) is 2.06. The third-order valence-corrected chi connectivity index (χ3v) is 2.31. The lowest BCUT2D eigenvalue weighted by Gasteiger charge is -2.12. The average molecular weight is 263 g/mol. The number of rotatable bonds is 1. The molecular formula is C8H10INO. The van der Waals surface area contributed by atoms with Gasteiger partial charge in [-0.1, -0.05) is 0 Å². The number of aromatic hydroxyl groups is 1. The summed E-state index contributed by atoms with van der Waals surface area (Å²) in [6.07, 6.45) is 0. The van der Waals surface area contributed by atoms with Crippen LogP contribution in [0.5, 0.6) is 5.75 Å².